The van der Waals surface area contributed by atoms with E-state index in [2.05, 4.69) is 6.92 Å². The standard InChI is InChI=1S/C21H23NO4/c1-2-16-8-10-18(11-9-16)21(24)26-19(17-6-4-3-5-7-17)20(23)22-12-14-25-15-13-22/h3-11,19H,2,12-15H2,1H3/t19-/m1/s1. The van der Waals surface area contributed by atoms with Gasteiger partial charge in [0.05, 0.1) is 18.8 Å². The largest absolute Gasteiger partial charge is 0.444 e. The molecule has 0 unspecified atom stereocenters. The summed E-state index contributed by atoms with van der Waals surface area (Å²) in [5.74, 6) is -0.707. The molecule has 1 heterocycles. The summed E-state index contributed by atoms with van der Waals surface area (Å²) in [5, 5.41) is 0. The maximum Gasteiger partial charge on any atom is 0.339 e. The quantitative estimate of drug-likeness (QED) is 0.776. The summed E-state index contributed by atoms with van der Waals surface area (Å²) >= 11 is 0. The van der Waals surface area contributed by atoms with Gasteiger partial charge in [0.1, 0.15) is 0 Å². The second-order valence-electron chi connectivity index (χ2n) is 6.18. The van der Waals surface area contributed by atoms with E-state index in [4.69, 9.17) is 9.47 Å². The third-order valence-corrected chi connectivity index (χ3v) is 4.47. The van der Waals surface area contributed by atoms with Gasteiger partial charge >= 0.3 is 5.97 Å². The third kappa shape index (κ3) is 4.29. The molecule has 2 aromatic rings. The van der Waals surface area contributed by atoms with E-state index in [1.165, 1.54) is 0 Å². The number of hydrogen-bond acceptors (Lipinski definition) is 4. The Morgan fingerprint density at radius 1 is 1.04 bits per heavy atom. The zero-order chi connectivity index (χ0) is 18.4. The smallest absolute Gasteiger partial charge is 0.339 e. The maximum atomic E-state index is 13.0. The summed E-state index contributed by atoms with van der Waals surface area (Å²) in [7, 11) is 0. The summed E-state index contributed by atoms with van der Waals surface area (Å²) < 4.78 is 10.9. The molecule has 0 aromatic heterocycles. The molecule has 0 saturated carbocycles. The van der Waals surface area contributed by atoms with E-state index < -0.39 is 12.1 Å². The third-order valence-electron chi connectivity index (χ3n) is 4.47. The summed E-state index contributed by atoms with van der Waals surface area (Å²) in [6.45, 7) is 4.06. The SMILES string of the molecule is CCc1ccc(C(=O)O[C@@H](C(=O)N2CCOCC2)c2ccccc2)cc1. The first-order valence-electron chi connectivity index (χ1n) is 8.90. The molecule has 2 aromatic carbocycles. The fourth-order valence-corrected chi connectivity index (χ4v) is 2.89. The second-order valence-corrected chi connectivity index (χ2v) is 6.18. The van der Waals surface area contributed by atoms with Gasteiger partial charge in [-0.15, -0.1) is 0 Å². The van der Waals surface area contributed by atoms with Crippen LogP contribution in [0.2, 0.25) is 0 Å². The number of ether oxygens (including phenoxy) is 2. The van der Waals surface area contributed by atoms with Crippen molar-refractivity contribution < 1.29 is 19.1 Å². The monoisotopic (exact) mass is 353 g/mol. The first-order chi connectivity index (χ1) is 12.7. The van der Waals surface area contributed by atoms with Crippen LogP contribution in [-0.4, -0.2) is 43.1 Å². The molecule has 5 heteroatoms. The number of hydrogen-bond donors (Lipinski definition) is 0. The lowest BCUT2D eigenvalue weighted by Crippen LogP contribution is -2.44. The van der Waals surface area contributed by atoms with E-state index in [9.17, 15) is 9.59 Å². The van der Waals surface area contributed by atoms with Crippen LogP contribution >= 0.6 is 0 Å². The minimum absolute atomic E-state index is 0.210. The lowest BCUT2D eigenvalue weighted by molar-refractivity contribution is -0.145. The highest BCUT2D eigenvalue weighted by atomic mass is 16.5. The first kappa shape index (κ1) is 18.1. The van der Waals surface area contributed by atoms with Crippen LogP contribution in [-0.2, 0) is 20.7 Å². The van der Waals surface area contributed by atoms with Gasteiger partial charge in [-0.3, -0.25) is 4.79 Å². The van der Waals surface area contributed by atoms with E-state index >= 15 is 0 Å². The Morgan fingerprint density at radius 3 is 2.31 bits per heavy atom. The van der Waals surface area contributed by atoms with Crippen LogP contribution in [0.25, 0.3) is 0 Å². The highest BCUT2D eigenvalue weighted by molar-refractivity contribution is 5.92. The van der Waals surface area contributed by atoms with E-state index in [-0.39, 0.29) is 5.91 Å². The summed E-state index contributed by atoms with van der Waals surface area (Å²) in [6.07, 6.45) is -0.0510. The molecule has 0 spiro atoms. The van der Waals surface area contributed by atoms with Crippen molar-refractivity contribution in [3.63, 3.8) is 0 Å². The highest BCUT2D eigenvalue weighted by Gasteiger charge is 2.30. The van der Waals surface area contributed by atoms with Crippen LogP contribution in [0.1, 0.15) is 34.5 Å². The van der Waals surface area contributed by atoms with Crippen molar-refractivity contribution in [1.29, 1.82) is 0 Å². The van der Waals surface area contributed by atoms with E-state index in [0.29, 0.717) is 37.4 Å². The number of benzene rings is 2. The number of amides is 1. The number of rotatable bonds is 5. The molecule has 3 rings (SSSR count). The maximum absolute atomic E-state index is 13.0. The number of aryl methyl sites for hydroxylation is 1. The van der Waals surface area contributed by atoms with Crippen LogP contribution < -0.4 is 0 Å². The minimum Gasteiger partial charge on any atom is -0.444 e. The molecule has 1 fully saturated rings. The van der Waals surface area contributed by atoms with E-state index in [0.717, 1.165) is 12.0 Å². The molecule has 0 N–H and O–H groups in total. The van der Waals surface area contributed by atoms with Gasteiger partial charge in [0.15, 0.2) is 0 Å². The molecule has 26 heavy (non-hydrogen) atoms. The van der Waals surface area contributed by atoms with Crippen LogP contribution in [0.5, 0.6) is 0 Å². The van der Waals surface area contributed by atoms with Crippen molar-refractivity contribution in [2.45, 2.75) is 19.4 Å². The Balaban J connectivity index is 1.80. The molecular formula is C21H23NO4. The van der Waals surface area contributed by atoms with Gasteiger partial charge in [0, 0.05) is 18.7 Å². The van der Waals surface area contributed by atoms with Crippen molar-refractivity contribution in [1.82, 2.24) is 4.90 Å². The molecule has 1 amide bonds. The average molecular weight is 353 g/mol. The van der Waals surface area contributed by atoms with Crippen LogP contribution in [0.15, 0.2) is 54.6 Å². The van der Waals surface area contributed by atoms with Crippen molar-refractivity contribution in [3.05, 3.63) is 71.3 Å². The molecule has 136 valence electrons. The van der Waals surface area contributed by atoms with Crippen molar-refractivity contribution in [3.8, 4) is 0 Å². The molecule has 5 nitrogen and oxygen atoms in total. The molecule has 0 bridgehead atoms. The summed E-state index contributed by atoms with van der Waals surface area (Å²) in [4.78, 5) is 27.2. The minimum atomic E-state index is -0.951. The zero-order valence-corrected chi connectivity index (χ0v) is 14.9. The van der Waals surface area contributed by atoms with Gasteiger partial charge in [0.25, 0.3) is 5.91 Å². The first-order valence-corrected chi connectivity index (χ1v) is 8.90. The Hall–Kier alpha value is -2.66. The summed E-state index contributed by atoms with van der Waals surface area (Å²) in [5.41, 5.74) is 2.26. The number of morpholine rings is 1. The Bertz CT molecular complexity index is 736. The molecule has 1 saturated heterocycles. The van der Waals surface area contributed by atoms with Crippen molar-refractivity contribution >= 4 is 11.9 Å². The van der Waals surface area contributed by atoms with Crippen LogP contribution in [0.4, 0.5) is 0 Å². The van der Waals surface area contributed by atoms with Gasteiger partial charge in [-0.1, -0.05) is 49.4 Å². The second kappa shape index (κ2) is 8.63. The normalized spacial score (nSPS) is 15.3. The van der Waals surface area contributed by atoms with E-state index in [1.807, 2.05) is 30.3 Å². The van der Waals surface area contributed by atoms with Gasteiger partial charge in [-0.2, -0.15) is 0 Å². The molecular weight excluding hydrogens is 330 g/mol. The Labute approximate surface area is 153 Å². The average Bonchev–Trinajstić information content (AvgIpc) is 2.72. The van der Waals surface area contributed by atoms with E-state index in [1.54, 1.807) is 29.2 Å². The fraction of sp³-hybridized carbons (Fsp3) is 0.333. The summed E-state index contributed by atoms with van der Waals surface area (Å²) in [6, 6.07) is 16.4. The number of esters is 1. The van der Waals surface area contributed by atoms with Crippen molar-refractivity contribution in [2.75, 3.05) is 26.3 Å². The molecule has 0 radical (unpaired) electrons. The molecule has 1 aliphatic heterocycles. The molecule has 1 atom stereocenters. The number of carbonyl (C=O) groups excluding carboxylic acids is 2. The Kier molecular flexibility index (Phi) is 6.02. The topological polar surface area (TPSA) is 55.8 Å². The van der Waals surface area contributed by atoms with Crippen LogP contribution in [0.3, 0.4) is 0 Å². The van der Waals surface area contributed by atoms with Gasteiger partial charge < -0.3 is 14.4 Å². The lowest BCUT2D eigenvalue weighted by atomic mass is 10.1. The van der Waals surface area contributed by atoms with Gasteiger partial charge in [-0.05, 0) is 24.1 Å². The van der Waals surface area contributed by atoms with Gasteiger partial charge in [-0.25, -0.2) is 4.79 Å². The lowest BCUT2D eigenvalue weighted by Gasteiger charge is -2.30. The number of carbonyl (C=O) groups is 2. The predicted molar refractivity (Wildman–Crippen MR) is 97.8 cm³/mol. The highest BCUT2D eigenvalue weighted by Crippen LogP contribution is 2.23. The predicted octanol–water partition coefficient (Wildman–Crippen LogP) is 3.01. The zero-order valence-electron chi connectivity index (χ0n) is 14.9. The van der Waals surface area contributed by atoms with Crippen LogP contribution in [0, 0.1) is 0 Å². The number of nitrogens with zero attached hydrogens (tertiary/aromatic N) is 1. The van der Waals surface area contributed by atoms with Gasteiger partial charge in [0.2, 0.25) is 6.10 Å². The van der Waals surface area contributed by atoms with Crippen molar-refractivity contribution in [2.24, 2.45) is 0 Å². The molecule has 1 aliphatic rings. The fourth-order valence-electron chi connectivity index (χ4n) is 2.89. The molecule has 0 aliphatic carbocycles. The Morgan fingerprint density at radius 2 is 1.69 bits per heavy atom.